The molecule has 0 saturated heterocycles. The Morgan fingerprint density at radius 2 is 1.84 bits per heavy atom. The molecule has 98 valence electrons. The van der Waals surface area contributed by atoms with Crippen LogP contribution in [-0.4, -0.2) is 5.84 Å². The number of nitrogen functional groups attached to an aromatic ring is 1. The fraction of sp³-hybridized carbons (Fsp3) is 0.133. The third-order valence-corrected chi connectivity index (χ3v) is 4.93. The monoisotopic (exact) mass is 334 g/mol. The summed E-state index contributed by atoms with van der Waals surface area (Å²) >= 11 is 5.23. The van der Waals surface area contributed by atoms with E-state index in [1.165, 1.54) is 16.0 Å². The zero-order valence-electron chi connectivity index (χ0n) is 10.8. The predicted octanol–water partition coefficient (Wildman–Crippen LogP) is 4.50. The molecule has 0 aliphatic carbocycles. The lowest BCUT2D eigenvalue weighted by molar-refractivity contribution is 1.27. The quantitative estimate of drug-likeness (QED) is 0.641. The van der Waals surface area contributed by atoms with Gasteiger partial charge in [-0.2, -0.15) is 0 Å². The van der Waals surface area contributed by atoms with Gasteiger partial charge in [-0.05, 0) is 65.2 Å². The first-order valence-corrected chi connectivity index (χ1v) is 7.47. The van der Waals surface area contributed by atoms with Crippen molar-refractivity contribution in [2.24, 2.45) is 5.73 Å². The lowest BCUT2D eigenvalue weighted by Crippen LogP contribution is -2.10. The lowest BCUT2D eigenvalue weighted by atomic mass is 10.1. The fourth-order valence-corrected chi connectivity index (χ4v) is 3.20. The number of aryl methyl sites for hydroxylation is 2. The van der Waals surface area contributed by atoms with E-state index in [0.717, 1.165) is 14.9 Å². The molecule has 0 atom stereocenters. The van der Waals surface area contributed by atoms with Crippen LogP contribution in [0, 0.1) is 19.3 Å². The van der Waals surface area contributed by atoms with E-state index in [1.54, 1.807) is 11.8 Å². The van der Waals surface area contributed by atoms with E-state index in [2.05, 4.69) is 48.0 Å². The molecule has 0 aliphatic heterocycles. The van der Waals surface area contributed by atoms with Crippen molar-refractivity contribution < 1.29 is 0 Å². The maximum atomic E-state index is 7.43. The third kappa shape index (κ3) is 3.39. The molecule has 0 unspecified atom stereocenters. The first-order valence-electron chi connectivity index (χ1n) is 5.86. The van der Waals surface area contributed by atoms with E-state index in [9.17, 15) is 0 Å². The number of nitrogens with two attached hydrogens (primary N) is 1. The summed E-state index contributed by atoms with van der Waals surface area (Å²) in [5.41, 5.74) is 8.80. The Balaban J connectivity index is 2.28. The van der Waals surface area contributed by atoms with Crippen LogP contribution in [0.5, 0.6) is 0 Å². The van der Waals surface area contributed by atoms with Gasteiger partial charge in [0.25, 0.3) is 0 Å². The first kappa shape index (κ1) is 14.2. The van der Waals surface area contributed by atoms with Crippen LogP contribution in [0.2, 0.25) is 0 Å². The van der Waals surface area contributed by atoms with Crippen LogP contribution in [0.25, 0.3) is 0 Å². The molecule has 4 heteroatoms. The van der Waals surface area contributed by atoms with Crippen LogP contribution in [0.3, 0.4) is 0 Å². The molecular weight excluding hydrogens is 320 g/mol. The van der Waals surface area contributed by atoms with Crippen molar-refractivity contribution in [3.63, 3.8) is 0 Å². The molecule has 0 saturated carbocycles. The van der Waals surface area contributed by atoms with Crippen molar-refractivity contribution in [3.8, 4) is 0 Å². The van der Waals surface area contributed by atoms with Gasteiger partial charge < -0.3 is 5.73 Å². The molecular formula is C15H15BrN2S. The number of nitrogens with one attached hydrogen (secondary N) is 1. The van der Waals surface area contributed by atoms with Gasteiger partial charge in [0.15, 0.2) is 0 Å². The molecule has 0 bridgehead atoms. The van der Waals surface area contributed by atoms with Gasteiger partial charge in [0, 0.05) is 19.8 Å². The summed E-state index contributed by atoms with van der Waals surface area (Å²) in [4.78, 5) is 2.33. The molecule has 3 N–H and O–H groups in total. The normalized spacial score (nSPS) is 10.5. The molecule has 0 radical (unpaired) electrons. The second-order valence-electron chi connectivity index (χ2n) is 4.41. The van der Waals surface area contributed by atoms with Crippen LogP contribution in [-0.2, 0) is 0 Å². The lowest BCUT2D eigenvalue weighted by Gasteiger charge is -2.08. The Morgan fingerprint density at radius 1 is 1.11 bits per heavy atom. The SMILES string of the molecule is Cc1ccc(Sc2ccc(C(=N)N)cc2Br)cc1C. The maximum Gasteiger partial charge on any atom is 0.122 e. The molecule has 0 aliphatic rings. The number of benzene rings is 2. The molecule has 2 rings (SSSR count). The Hall–Kier alpha value is -1.26. The highest BCUT2D eigenvalue weighted by Gasteiger charge is 2.06. The molecule has 0 fully saturated rings. The maximum absolute atomic E-state index is 7.43. The standard InChI is InChI=1S/C15H15BrN2S/c1-9-3-5-12(7-10(9)2)19-14-6-4-11(15(17)18)8-13(14)16/h3-8H,1-2H3,(H3,17,18). The van der Waals surface area contributed by atoms with Gasteiger partial charge in [-0.15, -0.1) is 0 Å². The summed E-state index contributed by atoms with van der Waals surface area (Å²) in [6.45, 7) is 4.23. The van der Waals surface area contributed by atoms with Crippen LogP contribution >= 0.6 is 27.7 Å². The Kier molecular flexibility index (Phi) is 4.32. The Bertz CT molecular complexity index is 638. The van der Waals surface area contributed by atoms with E-state index in [4.69, 9.17) is 11.1 Å². The highest BCUT2D eigenvalue weighted by atomic mass is 79.9. The number of rotatable bonds is 3. The van der Waals surface area contributed by atoms with E-state index in [1.807, 2.05) is 18.2 Å². The smallest absolute Gasteiger partial charge is 0.122 e. The number of hydrogen-bond donors (Lipinski definition) is 2. The second-order valence-corrected chi connectivity index (χ2v) is 6.38. The van der Waals surface area contributed by atoms with Crippen molar-refractivity contribution in [3.05, 3.63) is 57.6 Å². The summed E-state index contributed by atoms with van der Waals surface area (Å²) < 4.78 is 0.962. The van der Waals surface area contributed by atoms with Crippen molar-refractivity contribution in [1.82, 2.24) is 0 Å². The summed E-state index contributed by atoms with van der Waals surface area (Å²) in [7, 11) is 0. The van der Waals surface area contributed by atoms with Crippen molar-refractivity contribution in [1.29, 1.82) is 5.41 Å². The largest absolute Gasteiger partial charge is 0.384 e. The zero-order valence-corrected chi connectivity index (χ0v) is 13.2. The minimum Gasteiger partial charge on any atom is -0.384 e. The minimum absolute atomic E-state index is 0.0865. The van der Waals surface area contributed by atoms with Gasteiger partial charge in [0.2, 0.25) is 0 Å². The van der Waals surface area contributed by atoms with Gasteiger partial charge in [0.05, 0.1) is 0 Å². The molecule has 0 spiro atoms. The van der Waals surface area contributed by atoms with Gasteiger partial charge >= 0.3 is 0 Å². The van der Waals surface area contributed by atoms with Crippen LogP contribution in [0.1, 0.15) is 16.7 Å². The summed E-state index contributed by atoms with van der Waals surface area (Å²) in [6.07, 6.45) is 0. The Labute approximate surface area is 126 Å². The molecule has 0 heterocycles. The number of amidine groups is 1. The highest BCUT2D eigenvalue weighted by molar-refractivity contribution is 9.10. The van der Waals surface area contributed by atoms with E-state index >= 15 is 0 Å². The molecule has 2 nitrogen and oxygen atoms in total. The minimum atomic E-state index is 0.0865. The first-order chi connectivity index (χ1) is 8.97. The van der Waals surface area contributed by atoms with E-state index in [-0.39, 0.29) is 5.84 Å². The Morgan fingerprint density at radius 3 is 2.42 bits per heavy atom. The van der Waals surface area contributed by atoms with E-state index < -0.39 is 0 Å². The summed E-state index contributed by atoms with van der Waals surface area (Å²) in [5.74, 6) is 0.0865. The van der Waals surface area contributed by atoms with Gasteiger partial charge in [0.1, 0.15) is 5.84 Å². The topological polar surface area (TPSA) is 49.9 Å². The van der Waals surface area contributed by atoms with Gasteiger partial charge in [-0.1, -0.05) is 23.9 Å². The van der Waals surface area contributed by atoms with Crippen molar-refractivity contribution in [2.45, 2.75) is 23.6 Å². The number of halogens is 1. The zero-order chi connectivity index (χ0) is 14.0. The summed E-state index contributed by atoms with van der Waals surface area (Å²) in [6, 6.07) is 12.2. The molecule has 2 aromatic rings. The average molecular weight is 335 g/mol. The third-order valence-electron chi connectivity index (χ3n) is 2.95. The molecule has 0 aromatic heterocycles. The van der Waals surface area contributed by atoms with Gasteiger partial charge in [-0.3, -0.25) is 5.41 Å². The average Bonchev–Trinajstić information content (AvgIpc) is 2.36. The molecule has 2 aromatic carbocycles. The van der Waals surface area contributed by atoms with Crippen LogP contribution < -0.4 is 5.73 Å². The highest BCUT2D eigenvalue weighted by Crippen LogP contribution is 2.34. The van der Waals surface area contributed by atoms with Crippen molar-refractivity contribution >= 4 is 33.5 Å². The number of hydrogen-bond acceptors (Lipinski definition) is 2. The predicted molar refractivity (Wildman–Crippen MR) is 85.2 cm³/mol. The van der Waals surface area contributed by atoms with Crippen LogP contribution in [0.15, 0.2) is 50.7 Å². The second kappa shape index (κ2) is 5.80. The van der Waals surface area contributed by atoms with Crippen LogP contribution in [0.4, 0.5) is 0 Å². The molecule has 0 amide bonds. The molecule has 19 heavy (non-hydrogen) atoms. The van der Waals surface area contributed by atoms with Crippen molar-refractivity contribution in [2.75, 3.05) is 0 Å². The summed E-state index contributed by atoms with van der Waals surface area (Å²) in [5, 5.41) is 7.43. The van der Waals surface area contributed by atoms with E-state index in [0.29, 0.717) is 0 Å². The van der Waals surface area contributed by atoms with Gasteiger partial charge in [-0.25, -0.2) is 0 Å². The fourth-order valence-electron chi connectivity index (χ4n) is 1.66.